The van der Waals surface area contributed by atoms with Crippen LogP contribution in [-0.2, 0) is 11.2 Å². The van der Waals surface area contributed by atoms with Crippen LogP contribution in [0.25, 0.3) is 0 Å². The Bertz CT molecular complexity index is 637. The van der Waals surface area contributed by atoms with Crippen molar-refractivity contribution in [1.82, 2.24) is 4.90 Å². The maximum atomic E-state index is 12.4. The molecule has 2 rings (SSSR count). The average Bonchev–Trinajstić information content (AvgIpc) is 2.45. The van der Waals surface area contributed by atoms with E-state index in [4.69, 9.17) is 5.73 Å². The summed E-state index contributed by atoms with van der Waals surface area (Å²) >= 11 is 0. The Morgan fingerprint density at radius 2 is 1.90 bits per heavy atom. The summed E-state index contributed by atoms with van der Waals surface area (Å²) in [5, 5.41) is 0. The molecule has 0 fully saturated rings. The number of anilines is 1. The van der Waals surface area contributed by atoms with Crippen LogP contribution in [-0.4, -0.2) is 17.9 Å². The van der Waals surface area contributed by atoms with E-state index in [0.29, 0.717) is 6.42 Å². The molecular weight excluding hydrogens is 260 g/mol. The molecule has 3 nitrogen and oxygen atoms in total. The first-order valence-corrected chi connectivity index (χ1v) is 7.14. The quantitative estimate of drug-likeness (QED) is 0.874. The van der Waals surface area contributed by atoms with Crippen molar-refractivity contribution in [3.05, 3.63) is 65.2 Å². The molecule has 21 heavy (non-hydrogen) atoms. The largest absolute Gasteiger partial charge is 0.399 e. The van der Waals surface area contributed by atoms with Gasteiger partial charge in [0.2, 0.25) is 5.91 Å². The lowest BCUT2D eigenvalue weighted by atomic mass is 10.0. The van der Waals surface area contributed by atoms with Gasteiger partial charge in [-0.25, -0.2) is 0 Å². The third kappa shape index (κ3) is 3.85. The van der Waals surface area contributed by atoms with E-state index < -0.39 is 0 Å². The van der Waals surface area contributed by atoms with Crippen LogP contribution in [0, 0.1) is 6.92 Å². The van der Waals surface area contributed by atoms with Crippen LogP contribution in [0.3, 0.4) is 0 Å². The Morgan fingerprint density at radius 1 is 1.19 bits per heavy atom. The number of carbonyl (C=O) groups is 1. The Morgan fingerprint density at radius 3 is 2.57 bits per heavy atom. The third-order valence-corrected chi connectivity index (χ3v) is 3.81. The molecule has 0 aliphatic heterocycles. The number of hydrogen-bond acceptors (Lipinski definition) is 2. The number of likely N-dealkylation sites (N-methyl/N-ethyl adjacent to an activating group) is 1. The molecule has 1 atom stereocenters. The Balaban J connectivity index is 2.08. The predicted molar refractivity (Wildman–Crippen MR) is 86.9 cm³/mol. The van der Waals surface area contributed by atoms with Crippen LogP contribution in [0.2, 0.25) is 0 Å². The second-order valence-corrected chi connectivity index (χ2v) is 5.52. The number of nitrogens with zero attached hydrogens (tertiary/aromatic N) is 1. The summed E-state index contributed by atoms with van der Waals surface area (Å²) in [4.78, 5) is 14.2. The van der Waals surface area contributed by atoms with Gasteiger partial charge in [-0.1, -0.05) is 42.0 Å². The van der Waals surface area contributed by atoms with Crippen LogP contribution in [0.15, 0.2) is 48.5 Å². The Hall–Kier alpha value is -2.29. The highest BCUT2D eigenvalue weighted by molar-refractivity contribution is 5.79. The van der Waals surface area contributed by atoms with E-state index in [1.807, 2.05) is 63.4 Å². The molecule has 0 radical (unpaired) electrons. The summed E-state index contributed by atoms with van der Waals surface area (Å²) in [7, 11) is 1.84. The van der Waals surface area contributed by atoms with E-state index in [1.54, 1.807) is 4.90 Å². The van der Waals surface area contributed by atoms with Gasteiger partial charge in [0.1, 0.15) is 0 Å². The molecule has 2 aromatic carbocycles. The maximum absolute atomic E-state index is 12.4. The summed E-state index contributed by atoms with van der Waals surface area (Å²) in [6, 6.07) is 15.8. The standard InChI is InChI=1S/C18H22N2O/c1-13-6-4-7-15(10-13)11-18(21)20(3)14(2)16-8-5-9-17(19)12-16/h4-10,12,14H,11,19H2,1-3H3. The summed E-state index contributed by atoms with van der Waals surface area (Å²) in [5.41, 5.74) is 9.80. The molecule has 110 valence electrons. The van der Waals surface area contributed by atoms with Crippen molar-refractivity contribution < 1.29 is 4.79 Å². The Kier molecular flexibility index (Phi) is 4.63. The van der Waals surface area contributed by atoms with Crippen molar-refractivity contribution in [3.8, 4) is 0 Å². The number of rotatable bonds is 4. The molecule has 0 bridgehead atoms. The van der Waals surface area contributed by atoms with Crippen molar-refractivity contribution in [3.63, 3.8) is 0 Å². The number of benzene rings is 2. The van der Waals surface area contributed by atoms with Crippen molar-refractivity contribution in [2.75, 3.05) is 12.8 Å². The van der Waals surface area contributed by atoms with Gasteiger partial charge in [0.15, 0.2) is 0 Å². The summed E-state index contributed by atoms with van der Waals surface area (Å²) < 4.78 is 0. The van der Waals surface area contributed by atoms with E-state index in [0.717, 1.165) is 16.8 Å². The number of carbonyl (C=O) groups excluding carboxylic acids is 1. The lowest BCUT2D eigenvalue weighted by Gasteiger charge is -2.25. The highest BCUT2D eigenvalue weighted by atomic mass is 16.2. The lowest BCUT2D eigenvalue weighted by Crippen LogP contribution is -2.31. The van der Waals surface area contributed by atoms with Gasteiger partial charge in [0.05, 0.1) is 12.5 Å². The molecule has 0 aromatic heterocycles. The second-order valence-electron chi connectivity index (χ2n) is 5.52. The van der Waals surface area contributed by atoms with Crippen molar-refractivity contribution >= 4 is 11.6 Å². The number of nitrogens with two attached hydrogens (primary N) is 1. The van der Waals surface area contributed by atoms with Gasteiger partial charge in [0, 0.05) is 12.7 Å². The molecule has 0 aliphatic rings. The first kappa shape index (κ1) is 15.1. The zero-order chi connectivity index (χ0) is 15.4. The summed E-state index contributed by atoms with van der Waals surface area (Å²) in [6.07, 6.45) is 0.421. The van der Waals surface area contributed by atoms with Crippen molar-refractivity contribution in [2.24, 2.45) is 0 Å². The summed E-state index contributed by atoms with van der Waals surface area (Å²) in [5.74, 6) is 0.107. The summed E-state index contributed by atoms with van der Waals surface area (Å²) in [6.45, 7) is 4.05. The smallest absolute Gasteiger partial charge is 0.227 e. The molecule has 1 unspecified atom stereocenters. The maximum Gasteiger partial charge on any atom is 0.227 e. The predicted octanol–water partition coefficient (Wildman–Crippen LogP) is 3.34. The molecule has 0 aliphatic carbocycles. The number of nitrogen functional groups attached to an aromatic ring is 1. The minimum Gasteiger partial charge on any atom is -0.399 e. The molecule has 0 heterocycles. The van der Waals surface area contributed by atoms with Crippen molar-refractivity contribution in [2.45, 2.75) is 26.3 Å². The number of hydrogen-bond donors (Lipinski definition) is 1. The molecule has 0 saturated carbocycles. The lowest BCUT2D eigenvalue weighted by molar-refractivity contribution is -0.131. The van der Waals surface area contributed by atoms with Crippen LogP contribution >= 0.6 is 0 Å². The van der Waals surface area contributed by atoms with E-state index in [9.17, 15) is 4.79 Å². The monoisotopic (exact) mass is 282 g/mol. The van der Waals surface area contributed by atoms with Gasteiger partial charge in [-0.3, -0.25) is 4.79 Å². The van der Waals surface area contributed by atoms with E-state index in [1.165, 1.54) is 5.56 Å². The van der Waals surface area contributed by atoms with Gasteiger partial charge in [-0.05, 0) is 37.1 Å². The average molecular weight is 282 g/mol. The normalized spacial score (nSPS) is 12.0. The van der Waals surface area contributed by atoms with E-state index in [-0.39, 0.29) is 11.9 Å². The van der Waals surface area contributed by atoms with Gasteiger partial charge < -0.3 is 10.6 Å². The molecular formula is C18H22N2O. The van der Waals surface area contributed by atoms with Gasteiger partial charge in [-0.2, -0.15) is 0 Å². The first-order chi connectivity index (χ1) is 9.97. The molecule has 2 aromatic rings. The third-order valence-electron chi connectivity index (χ3n) is 3.81. The van der Waals surface area contributed by atoms with Gasteiger partial charge in [0.25, 0.3) is 0 Å². The Labute approximate surface area is 126 Å². The van der Waals surface area contributed by atoms with E-state index >= 15 is 0 Å². The minimum absolute atomic E-state index is 0.00538. The molecule has 2 N–H and O–H groups in total. The van der Waals surface area contributed by atoms with Gasteiger partial charge >= 0.3 is 0 Å². The second kappa shape index (κ2) is 6.44. The molecule has 3 heteroatoms. The zero-order valence-electron chi connectivity index (χ0n) is 12.8. The van der Waals surface area contributed by atoms with Crippen molar-refractivity contribution in [1.29, 1.82) is 0 Å². The number of amides is 1. The molecule has 0 saturated heterocycles. The van der Waals surface area contributed by atoms with Crippen LogP contribution in [0.1, 0.15) is 29.7 Å². The highest BCUT2D eigenvalue weighted by Gasteiger charge is 2.17. The fraction of sp³-hybridized carbons (Fsp3) is 0.278. The SMILES string of the molecule is Cc1cccc(CC(=O)N(C)C(C)c2cccc(N)c2)c1. The fourth-order valence-corrected chi connectivity index (χ4v) is 2.38. The van der Waals surface area contributed by atoms with Crippen LogP contribution in [0.5, 0.6) is 0 Å². The fourth-order valence-electron chi connectivity index (χ4n) is 2.38. The van der Waals surface area contributed by atoms with Gasteiger partial charge in [-0.15, -0.1) is 0 Å². The first-order valence-electron chi connectivity index (χ1n) is 7.14. The molecule has 1 amide bonds. The van der Waals surface area contributed by atoms with Crippen LogP contribution < -0.4 is 5.73 Å². The van der Waals surface area contributed by atoms with Crippen LogP contribution in [0.4, 0.5) is 5.69 Å². The highest BCUT2D eigenvalue weighted by Crippen LogP contribution is 2.21. The number of aryl methyl sites for hydroxylation is 1. The zero-order valence-corrected chi connectivity index (χ0v) is 12.8. The minimum atomic E-state index is 0.00538. The van der Waals surface area contributed by atoms with E-state index in [2.05, 4.69) is 6.07 Å². The molecule has 0 spiro atoms. The topological polar surface area (TPSA) is 46.3 Å².